The maximum atomic E-state index is 6.08. The van der Waals surface area contributed by atoms with Crippen molar-refractivity contribution in [3.63, 3.8) is 0 Å². The zero-order valence-corrected chi connectivity index (χ0v) is 23.2. The van der Waals surface area contributed by atoms with Crippen LogP contribution in [0, 0.1) is 27.7 Å². The Morgan fingerprint density at radius 2 is 0.917 bits per heavy atom. The Hall–Kier alpha value is -2.81. The number of hydrogen-bond acceptors (Lipinski definition) is 2. The Morgan fingerprint density at radius 1 is 0.528 bits per heavy atom. The van der Waals surface area contributed by atoms with Crippen LogP contribution in [0.5, 0.6) is 0 Å². The van der Waals surface area contributed by atoms with Crippen LogP contribution in [0.25, 0.3) is 33.0 Å². The molecule has 0 aliphatic carbocycles. The molecule has 0 amide bonds. The van der Waals surface area contributed by atoms with Crippen LogP contribution in [0.2, 0.25) is 13.6 Å². The lowest BCUT2D eigenvalue weighted by Gasteiger charge is -2.20. The van der Waals surface area contributed by atoms with Gasteiger partial charge in [0.25, 0.3) is 0 Å². The molecule has 4 rings (SSSR count). The van der Waals surface area contributed by atoms with Gasteiger partial charge in [-0.3, -0.25) is 0 Å². The van der Waals surface area contributed by atoms with Crippen molar-refractivity contribution < 1.29 is 9.31 Å². The summed E-state index contributed by atoms with van der Waals surface area (Å²) in [6.07, 6.45) is 0. The SMILES string of the molecule is CCOB(OCC)c1cc(-c2cc(C)cc(C)c2)c2cc(B(C)C)cc(-c3cc(C)cc(C)c3)c2c1. The van der Waals surface area contributed by atoms with Gasteiger partial charge in [-0.2, -0.15) is 0 Å². The molecule has 0 aliphatic heterocycles. The second-order valence-electron chi connectivity index (χ2n) is 10.4. The molecule has 0 aromatic heterocycles. The Balaban J connectivity index is 2.14. The number of aryl methyl sites for hydroxylation is 4. The van der Waals surface area contributed by atoms with Crippen molar-refractivity contribution in [2.45, 2.75) is 55.2 Å². The molecule has 4 heteroatoms. The summed E-state index contributed by atoms with van der Waals surface area (Å²) in [5.74, 6) is 0. The quantitative estimate of drug-likeness (QED) is 0.252. The van der Waals surface area contributed by atoms with Crippen LogP contribution in [0.4, 0.5) is 0 Å². The van der Waals surface area contributed by atoms with Crippen molar-refractivity contribution in [3.05, 3.63) is 82.9 Å². The molecule has 0 fully saturated rings. The molecule has 0 spiro atoms. The van der Waals surface area contributed by atoms with Gasteiger partial charge in [-0.15, -0.1) is 0 Å². The summed E-state index contributed by atoms with van der Waals surface area (Å²) < 4.78 is 12.2. The third kappa shape index (κ3) is 5.61. The normalized spacial score (nSPS) is 11.2. The van der Waals surface area contributed by atoms with E-state index in [0.717, 1.165) is 5.46 Å². The van der Waals surface area contributed by atoms with E-state index in [1.54, 1.807) is 0 Å². The first-order chi connectivity index (χ1) is 17.2. The summed E-state index contributed by atoms with van der Waals surface area (Å²) in [7, 11) is -0.397. The van der Waals surface area contributed by atoms with E-state index in [4.69, 9.17) is 9.31 Å². The first-order valence-electron chi connectivity index (χ1n) is 13.2. The Labute approximate surface area is 218 Å². The number of benzene rings is 4. The van der Waals surface area contributed by atoms with Gasteiger partial charge in [0, 0.05) is 13.2 Å². The molecule has 0 bridgehead atoms. The minimum Gasteiger partial charge on any atom is -0.408 e. The van der Waals surface area contributed by atoms with Crippen molar-refractivity contribution in [1.82, 2.24) is 0 Å². The van der Waals surface area contributed by atoms with Gasteiger partial charge < -0.3 is 9.31 Å². The summed E-state index contributed by atoms with van der Waals surface area (Å²) in [6, 6.07) is 23.0. The monoisotopic (exact) mass is 476 g/mol. The van der Waals surface area contributed by atoms with E-state index in [2.05, 4.69) is 102 Å². The highest BCUT2D eigenvalue weighted by atomic mass is 16.6. The molecule has 0 radical (unpaired) electrons. The van der Waals surface area contributed by atoms with Crippen LogP contribution in [-0.2, 0) is 9.31 Å². The van der Waals surface area contributed by atoms with Gasteiger partial charge in [0.15, 0.2) is 6.71 Å². The Kier molecular flexibility index (Phi) is 8.07. The fourth-order valence-electron chi connectivity index (χ4n) is 5.26. The minimum absolute atomic E-state index is 0.397. The first kappa shape index (κ1) is 26.3. The molecule has 2 nitrogen and oxygen atoms in total. The maximum absolute atomic E-state index is 6.08. The third-order valence-corrected chi connectivity index (χ3v) is 6.75. The second-order valence-corrected chi connectivity index (χ2v) is 10.4. The average Bonchev–Trinajstić information content (AvgIpc) is 2.81. The van der Waals surface area contributed by atoms with Crippen LogP contribution < -0.4 is 10.9 Å². The van der Waals surface area contributed by atoms with Crippen LogP contribution in [0.15, 0.2) is 60.7 Å². The van der Waals surface area contributed by atoms with Crippen molar-refractivity contribution in [2.75, 3.05) is 13.2 Å². The van der Waals surface area contributed by atoms with Crippen LogP contribution in [-0.4, -0.2) is 27.0 Å². The predicted octanol–water partition coefficient (Wildman–Crippen LogP) is 7.14. The number of rotatable bonds is 8. The fraction of sp³-hybridized carbons (Fsp3) is 0.312. The van der Waals surface area contributed by atoms with Crippen LogP contribution in [0.3, 0.4) is 0 Å². The lowest BCUT2D eigenvalue weighted by atomic mass is 9.49. The van der Waals surface area contributed by atoms with Crippen molar-refractivity contribution >= 4 is 35.5 Å². The van der Waals surface area contributed by atoms with Gasteiger partial charge in [0.05, 0.1) is 0 Å². The average molecular weight is 476 g/mol. The largest absolute Gasteiger partial charge is 0.493 e. The van der Waals surface area contributed by atoms with Gasteiger partial charge in [0.2, 0.25) is 0 Å². The highest BCUT2D eigenvalue weighted by Gasteiger charge is 2.24. The third-order valence-electron chi connectivity index (χ3n) is 6.75. The zero-order chi connectivity index (χ0) is 26.0. The molecule has 0 N–H and O–H groups in total. The van der Waals surface area contributed by atoms with E-state index < -0.39 is 7.12 Å². The molecular weight excluding hydrogens is 438 g/mol. The lowest BCUT2D eigenvalue weighted by Crippen LogP contribution is -2.37. The van der Waals surface area contributed by atoms with Gasteiger partial charge >= 0.3 is 7.12 Å². The van der Waals surface area contributed by atoms with Crippen molar-refractivity contribution in [3.8, 4) is 22.3 Å². The summed E-state index contributed by atoms with van der Waals surface area (Å²) in [5.41, 5.74) is 12.5. The Bertz CT molecular complexity index is 1340. The van der Waals surface area contributed by atoms with Crippen molar-refractivity contribution in [1.29, 1.82) is 0 Å². The summed E-state index contributed by atoms with van der Waals surface area (Å²) in [6.45, 7) is 18.9. The van der Waals surface area contributed by atoms with E-state index in [0.29, 0.717) is 19.9 Å². The van der Waals surface area contributed by atoms with Gasteiger partial charge in [-0.1, -0.05) is 102 Å². The van der Waals surface area contributed by atoms with E-state index >= 15 is 0 Å². The molecule has 0 saturated heterocycles. The lowest BCUT2D eigenvalue weighted by molar-refractivity contribution is 0.225. The molecule has 0 heterocycles. The zero-order valence-electron chi connectivity index (χ0n) is 23.2. The van der Waals surface area contributed by atoms with Crippen molar-refractivity contribution in [2.24, 2.45) is 0 Å². The highest BCUT2D eigenvalue weighted by molar-refractivity contribution is 6.71. The minimum atomic E-state index is -0.397. The molecular formula is C32H38B2O2. The molecule has 36 heavy (non-hydrogen) atoms. The molecule has 184 valence electrons. The molecule has 0 aliphatic rings. The van der Waals surface area contributed by atoms with E-state index in [9.17, 15) is 0 Å². The smallest absolute Gasteiger partial charge is 0.408 e. The fourth-order valence-corrected chi connectivity index (χ4v) is 5.26. The van der Waals surface area contributed by atoms with E-state index in [1.807, 2.05) is 13.8 Å². The predicted molar refractivity (Wildman–Crippen MR) is 160 cm³/mol. The molecule has 4 aromatic carbocycles. The highest BCUT2D eigenvalue weighted by Crippen LogP contribution is 2.35. The molecule has 0 atom stereocenters. The topological polar surface area (TPSA) is 18.5 Å². The summed E-state index contributed by atoms with van der Waals surface area (Å²) >= 11 is 0. The van der Waals surface area contributed by atoms with E-state index in [1.165, 1.54) is 60.7 Å². The van der Waals surface area contributed by atoms with Gasteiger partial charge in [-0.25, -0.2) is 0 Å². The number of fused-ring (bicyclic) bond motifs is 1. The summed E-state index contributed by atoms with van der Waals surface area (Å²) in [4.78, 5) is 0. The standard InChI is InChI=1S/C32H38B2O2/c1-9-35-34(36-10-2)28-19-30(26-15-23(5)12-24(6)16-26)31-18-27(33(7)8)17-29(32(31)20-28)25-13-21(3)11-22(4)14-25/h11-20H,9-10H2,1-8H3. The molecule has 0 saturated carbocycles. The van der Waals surface area contributed by atoms with Crippen LogP contribution >= 0.6 is 0 Å². The molecule has 0 unspecified atom stereocenters. The molecule has 4 aromatic rings. The van der Waals surface area contributed by atoms with Crippen LogP contribution in [0.1, 0.15) is 36.1 Å². The van der Waals surface area contributed by atoms with Gasteiger partial charge in [0.1, 0.15) is 0 Å². The second kappa shape index (κ2) is 11.1. The maximum Gasteiger partial charge on any atom is 0.493 e. The van der Waals surface area contributed by atoms with E-state index in [-0.39, 0.29) is 0 Å². The summed E-state index contributed by atoms with van der Waals surface area (Å²) in [5, 5.41) is 2.51. The van der Waals surface area contributed by atoms with Gasteiger partial charge in [-0.05, 0) is 80.0 Å². The number of hydrogen-bond donors (Lipinski definition) is 0. The first-order valence-corrected chi connectivity index (χ1v) is 13.2. The Morgan fingerprint density at radius 3 is 1.31 bits per heavy atom.